The van der Waals surface area contributed by atoms with Crippen LogP contribution in [0.1, 0.15) is 51.0 Å². The van der Waals surface area contributed by atoms with Gasteiger partial charge in [0.25, 0.3) is 0 Å². The molecule has 0 radical (unpaired) electrons. The Kier molecular flexibility index (Phi) is 6.18. The lowest BCUT2D eigenvalue weighted by atomic mass is 9.97. The lowest BCUT2D eigenvalue weighted by Gasteiger charge is -2.32. The number of carbonyl (C=O) groups excluding carboxylic acids is 1. The summed E-state index contributed by atoms with van der Waals surface area (Å²) >= 11 is 0. The van der Waals surface area contributed by atoms with Gasteiger partial charge in [-0.15, -0.1) is 0 Å². The SMILES string of the molecule is CCc1cccc(NC(=O)[C@@H]2CCCN(Cc3nc4ccccc4n3C(C)C)C2)c1. The first-order valence-electron chi connectivity index (χ1n) is 11.1. The highest BCUT2D eigenvalue weighted by Crippen LogP contribution is 2.25. The number of aromatic nitrogens is 2. The molecule has 0 saturated carbocycles. The Hall–Kier alpha value is -2.66. The fourth-order valence-electron chi connectivity index (χ4n) is 4.51. The third-order valence-electron chi connectivity index (χ3n) is 6.03. The van der Waals surface area contributed by atoms with Crippen LogP contribution in [0.15, 0.2) is 48.5 Å². The van der Waals surface area contributed by atoms with E-state index < -0.39 is 0 Å². The first kappa shape index (κ1) is 20.6. The third kappa shape index (κ3) is 4.41. The van der Waals surface area contributed by atoms with Gasteiger partial charge in [-0.25, -0.2) is 4.98 Å². The predicted molar refractivity (Wildman–Crippen MR) is 123 cm³/mol. The lowest BCUT2D eigenvalue weighted by Crippen LogP contribution is -2.40. The standard InChI is InChI=1S/C25H32N4O/c1-4-19-9-7-11-21(15-19)26-25(30)20-10-8-14-28(16-20)17-24-27-22-12-5-6-13-23(22)29(24)18(2)3/h5-7,9,11-13,15,18,20H,4,8,10,14,16-17H2,1-3H3,(H,26,30)/t20-/m1/s1. The summed E-state index contributed by atoms with van der Waals surface area (Å²) in [7, 11) is 0. The molecule has 4 rings (SSSR count). The second-order valence-electron chi connectivity index (χ2n) is 8.60. The number of nitrogens with one attached hydrogen (secondary N) is 1. The number of fused-ring (bicyclic) bond motifs is 1. The number of para-hydroxylation sites is 2. The van der Waals surface area contributed by atoms with Gasteiger partial charge in [-0.1, -0.05) is 31.2 Å². The molecule has 30 heavy (non-hydrogen) atoms. The maximum absolute atomic E-state index is 12.9. The van der Waals surface area contributed by atoms with Crippen LogP contribution in [0.5, 0.6) is 0 Å². The van der Waals surface area contributed by atoms with Crippen LogP contribution in [-0.2, 0) is 17.8 Å². The first-order valence-corrected chi connectivity index (χ1v) is 11.1. The molecule has 1 aliphatic rings. The van der Waals surface area contributed by atoms with Crippen LogP contribution >= 0.6 is 0 Å². The summed E-state index contributed by atoms with van der Waals surface area (Å²) in [6, 6.07) is 16.8. The number of hydrogen-bond acceptors (Lipinski definition) is 3. The van der Waals surface area contributed by atoms with E-state index in [1.54, 1.807) is 0 Å². The van der Waals surface area contributed by atoms with Crippen molar-refractivity contribution in [2.45, 2.75) is 52.6 Å². The zero-order valence-corrected chi connectivity index (χ0v) is 18.3. The van der Waals surface area contributed by atoms with E-state index >= 15 is 0 Å². The molecule has 5 heteroatoms. The smallest absolute Gasteiger partial charge is 0.228 e. The average Bonchev–Trinajstić information content (AvgIpc) is 3.12. The van der Waals surface area contributed by atoms with Crippen LogP contribution in [0, 0.1) is 5.92 Å². The highest BCUT2D eigenvalue weighted by molar-refractivity contribution is 5.92. The molecule has 1 saturated heterocycles. The normalized spacial score (nSPS) is 17.5. The Balaban J connectivity index is 1.46. The number of hydrogen-bond donors (Lipinski definition) is 1. The quantitative estimate of drug-likeness (QED) is 0.627. The number of amides is 1. The Morgan fingerprint density at radius 2 is 2.03 bits per heavy atom. The molecule has 1 aliphatic heterocycles. The zero-order valence-electron chi connectivity index (χ0n) is 18.3. The maximum Gasteiger partial charge on any atom is 0.228 e. The summed E-state index contributed by atoms with van der Waals surface area (Å²) in [5.41, 5.74) is 4.37. The van der Waals surface area contributed by atoms with Crippen LogP contribution in [0.3, 0.4) is 0 Å². The molecule has 0 aliphatic carbocycles. The highest BCUT2D eigenvalue weighted by atomic mass is 16.1. The molecule has 1 atom stereocenters. The highest BCUT2D eigenvalue weighted by Gasteiger charge is 2.27. The van der Waals surface area contributed by atoms with Gasteiger partial charge in [-0.3, -0.25) is 9.69 Å². The number of imidazole rings is 1. The molecule has 1 aromatic heterocycles. The van der Waals surface area contributed by atoms with Crippen molar-refractivity contribution in [3.8, 4) is 0 Å². The Morgan fingerprint density at radius 3 is 2.83 bits per heavy atom. The van der Waals surface area contributed by atoms with Crippen molar-refractivity contribution < 1.29 is 4.79 Å². The Labute approximate surface area is 179 Å². The summed E-state index contributed by atoms with van der Waals surface area (Å²) < 4.78 is 2.33. The number of benzene rings is 2. The molecule has 2 heterocycles. The molecule has 0 spiro atoms. The molecule has 2 aromatic carbocycles. The fraction of sp³-hybridized carbons (Fsp3) is 0.440. The number of piperidine rings is 1. The number of likely N-dealkylation sites (tertiary alicyclic amines) is 1. The molecular weight excluding hydrogens is 372 g/mol. The molecule has 0 bridgehead atoms. The Bertz CT molecular complexity index is 1020. The number of anilines is 1. The van der Waals surface area contributed by atoms with E-state index in [9.17, 15) is 4.79 Å². The largest absolute Gasteiger partial charge is 0.326 e. The summed E-state index contributed by atoms with van der Waals surface area (Å²) in [6.07, 6.45) is 2.95. The van der Waals surface area contributed by atoms with E-state index in [-0.39, 0.29) is 11.8 Å². The van der Waals surface area contributed by atoms with Gasteiger partial charge >= 0.3 is 0 Å². The van der Waals surface area contributed by atoms with Crippen molar-refractivity contribution in [1.82, 2.24) is 14.5 Å². The van der Waals surface area contributed by atoms with Crippen LogP contribution in [0.4, 0.5) is 5.69 Å². The van der Waals surface area contributed by atoms with Gasteiger partial charge in [0.15, 0.2) is 0 Å². The first-order chi connectivity index (χ1) is 14.5. The molecule has 1 amide bonds. The van der Waals surface area contributed by atoms with Gasteiger partial charge in [-0.05, 0) is 69.5 Å². The van der Waals surface area contributed by atoms with E-state index in [1.165, 1.54) is 11.1 Å². The van der Waals surface area contributed by atoms with Crippen molar-refractivity contribution in [1.29, 1.82) is 0 Å². The van der Waals surface area contributed by atoms with Crippen LogP contribution in [0.25, 0.3) is 11.0 Å². The summed E-state index contributed by atoms with van der Waals surface area (Å²) in [6.45, 7) is 9.10. The van der Waals surface area contributed by atoms with E-state index in [0.29, 0.717) is 6.04 Å². The van der Waals surface area contributed by atoms with E-state index in [2.05, 4.69) is 65.9 Å². The second-order valence-corrected chi connectivity index (χ2v) is 8.60. The Morgan fingerprint density at radius 1 is 1.20 bits per heavy atom. The minimum Gasteiger partial charge on any atom is -0.326 e. The second kappa shape index (κ2) is 9.00. The fourth-order valence-corrected chi connectivity index (χ4v) is 4.51. The number of rotatable bonds is 6. The van der Waals surface area contributed by atoms with Gasteiger partial charge in [0.2, 0.25) is 5.91 Å². The molecule has 1 N–H and O–H groups in total. The molecule has 3 aromatic rings. The minimum atomic E-state index is 0.0147. The van der Waals surface area contributed by atoms with Crippen molar-refractivity contribution >= 4 is 22.6 Å². The molecule has 5 nitrogen and oxygen atoms in total. The number of aryl methyl sites for hydroxylation is 1. The van der Waals surface area contributed by atoms with Gasteiger partial charge < -0.3 is 9.88 Å². The summed E-state index contributed by atoms with van der Waals surface area (Å²) in [4.78, 5) is 20.2. The summed E-state index contributed by atoms with van der Waals surface area (Å²) in [5, 5.41) is 3.14. The minimum absolute atomic E-state index is 0.0147. The maximum atomic E-state index is 12.9. The van der Waals surface area contributed by atoms with E-state index in [4.69, 9.17) is 4.98 Å². The molecule has 1 fully saturated rings. The number of carbonyl (C=O) groups is 1. The molecule has 158 valence electrons. The summed E-state index contributed by atoms with van der Waals surface area (Å²) in [5.74, 6) is 1.23. The van der Waals surface area contributed by atoms with Crippen LogP contribution in [0.2, 0.25) is 0 Å². The van der Waals surface area contributed by atoms with Crippen molar-refractivity contribution in [3.63, 3.8) is 0 Å². The van der Waals surface area contributed by atoms with Crippen molar-refractivity contribution in [3.05, 3.63) is 59.9 Å². The molecular formula is C25H32N4O. The lowest BCUT2D eigenvalue weighted by molar-refractivity contribution is -0.121. The van der Waals surface area contributed by atoms with Gasteiger partial charge in [-0.2, -0.15) is 0 Å². The monoisotopic (exact) mass is 404 g/mol. The zero-order chi connectivity index (χ0) is 21.1. The third-order valence-corrected chi connectivity index (χ3v) is 6.03. The van der Waals surface area contributed by atoms with Crippen LogP contribution < -0.4 is 5.32 Å². The van der Waals surface area contributed by atoms with Crippen molar-refractivity contribution in [2.24, 2.45) is 5.92 Å². The predicted octanol–water partition coefficient (Wildman–Crippen LogP) is 5.03. The topological polar surface area (TPSA) is 50.2 Å². The van der Waals surface area contributed by atoms with Gasteiger partial charge in [0.05, 0.1) is 23.5 Å². The van der Waals surface area contributed by atoms with Gasteiger partial charge in [0.1, 0.15) is 5.82 Å². The van der Waals surface area contributed by atoms with E-state index in [1.807, 2.05) is 18.2 Å². The number of nitrogens with zero attached hydrogens (tertiary/aromatic N) is 3. The van der Waals surface area contributed by atoms with Gasteiger partial charge in [0, 0.05) is 18.3 Å². The van der Waals surface area contributed by atoms with E-state index in [0.717, 1.165) is 55.9 Å². The van der Waals surface area contributed by atoms with Crippen LogP contribution in [-0.4, -0.2) is 33.4 Å². The average molecular weight is 405 g/mol. The molecule has 0 unspecified atom stereocenters. The van der Waals surface area contributed by atoms with Crippen molar-refractivity contribution in [2.75, 3.05) is 18.4 Å².